The van der Waals surface area contributed by atoms with Crippen LogP contribution in [0.15, 0.2) is 12.2 Å². The maximum Gasteiger partial charge on any atom is -0.00156 e. The van der Waals surface area contributed by atoms with Gasteiger partial charge in [0, 0.05) is 0 Å². The molecule has 0 aromatic carbocycles. The zero-order chi connectivity index (χ0) is 6.06. The largest absolute Gasteiger partial charge is 0.0836 e. The lowest BCUT2D eigenvalue weighted by molar-refractivity contribution is 0.442. The summed E-state index contributed by atoms with van der Waals surface area (Å²) in [5, 5.41) is 0. The van der Waals surface area contributed by atoms with Gasteiger partial charge in [-0.2, -0.15) is 0 Å². The average Bonchev–Trinajstić information content (AvgIpc) is 2.21. The highest BCUT2D eigenvalue weighted by Crippen LogP contribution is 2.76. The molecule has 0 N–H and O–H groups in total. The quantitative estimate of drug-likeness (QED) is 0.430. The first-order chi connectivity index (χ1) is 4.33. The van der Waals surface area contributed by atoms with E-state index in [1.807, 2.05) is 0 Å². The van der Waals surface area contributed by atoms with Crippen LogP contribution in [-0.4, -0.2) is 0 Å². The summed E-state index contributed by atoms with van der Waals surface area (Å²) >= 11 is 0. The molecule has 4 atom stereocenters. The third kappa shape index (κ3) is 0.309. The Bertz CT molecular complexity index is 192. The topological polar surface area (TPSA) is 0 Å². The van der Waals surface area contributed by atoms with E-state index in [0.717, 1.165) is 23.2 Å². The fraction of sp³-hybridized carbons (Fsp3) is 0.778. The molecule has 1 spiro atoms. The lowest BCUT2D eigenvalue weighted by atomic mass is 9.87. The van der Waals surface area contributed by atoms with Crippen LogP contribution in [0.4, 0.5) is 0 Å². The molecule has 3 aliphatic rings. The minimum absolute atomic E-state index is 0.791. The summed E-state index contributed by atoms with van der Waals surface area (Å²) < 4.78 is 0. The first-order valence-electron chi connectivity index (χ1n) is 4.02. The maximum absolute atomic E-state index is 2.46. The van der Waals surface area contributed by atoms with Gasteiger partial charge in [-0.05, 0) is 36.0 Å². The standard InChI is InChI=1S/C9H12/c1-6-4-8-7-2-3-9(7,8)5-6/h2-3,6-8H,4-5H2,1H3. The van der Waals surface area contributed by atoms with Gasteiger partial charge in [0.05, 0.1) is 0 Å². The zero-order valence-electron chi connectivity index (χ0n) is 5.80. The second kappa shape index (κ2) is 1.00. The summed E-state index contributed by atoms with van der Waals surface area (Å²) in [6, 6.07) is 0. The van der Waals surface area contributed by atoms with Gasteiger partial charge in [0.15, 0.2) is 0 Å². The highest BCUT2D eigenvalue weighted by Gasteiger charge is 2.69. The molecule has 0 aromatic rings. The number of hydrogen-bond acceptors (Lipinski definition) is 0. The summed E-state index contributed by atoms with van der Waals surface area (Å²) in [5.41, 5.74) is 0.791. The molecule has 0 radical (unpaired) electrons. The Kier molecular flexibility index (Phi) is 0.505. The highest BCUT2D eigenvalue weighted by atomic mass is 14.7. The minimum Gasteiger partial charge on any atom is -0.0836 e. The van der Waals surface area contributed by atoms with Crippen molar-refractivity contribution in [2.24, 2.45) is 23.2 Å². The van der Waals surface area contributed by atoms with Gasteiger partial charge in [0.1, 0.15) is 0 Å². The lowest BCUT2D eigenvalue weighted by Crippen LogP contribution is -2.08. The molecule has 0 bridgehead atoms. The van der Waals surface area contributed by atoms with Crippen molar-refractivity contribution in [3.05, 3.63) is 12.2 Å². The van der Waals surface area contributed by atoms with E-state index in [2.05, 4.69) is 19.1 Å². The molecule has 0 heterocycles. The van der Waals surface area contributed by atoms with Gasteiger partial charge in [-0.25, -0.2) is 0 Å². The van der Waals surface area contributed by atoms with Crippen LogP contribution in [0, 0.1) is 23.2 Å². The third-order valence-electron chi connectivity index (χ3n) is 3.61. The molecule has 0 nitrogen and oxygen atoms in total. The van der Waals surface area contributed by atoms with Crippen LogP contribution in [0.25, 0.3) is 0 Å². The van der Waals surface area contributed by atoms with Gasteiger partial charge in [0.25, 0.3) is 0 Å². The minimum atomic E-state index is 0.791. The number of hydrogen-bond donors (Lipinski definition) is 0. The monoisotopic (exact) mass is 120 g/mol. The smallest absolute Gasteiger partial charge is 0.00156 e. The van der Waals surface area contributed by atoms with Crippen molar-refractivity contribution in [3.8, 4) is 0 Å². The molecule has 9 heavy (non-hydrogen) atoms. The van der Waals surface area contributed by atoms with Crippen molar-refractivity contribution in [3.63, 3.8) is 0 Å². The Hall–Kier alpha value is -0.260. The van der Waals surface area contributed by atoms with E-state index in [-0.39, 0.29) is 0 Å². The Labute approximate surface area is 56.0 Å². The van der Waals surface area contributed by atoms with Crippen LogP contribution in [-0.2, 0) is 0 Å². The molecule has 3 aliphatic carbocycles. The molecule has 0 amide bonds. The van der Waals surface area contributed by atoms with Crippen LogP contribution in [0.5, 0.6) is 0 Å². The van der Waals surface area contributed by atoms with Crippen molar-refractivity contribution in [1.29, 1.82) is 0 Å². The summed E-state index contributed by atoms with van der Waals surface area (Å²) in [7, 11) is 0. The van der Waals surface area contributed by atoms with Crippen molar-refractivity contribution in [2.45, 2.75) is 19.8 Å². The summed E-state index contributed by atoms with van der Waals surface area (Å²) in [5.74, 6) is 3.18. The second-order valence-electron chi connectivity index (χ2n) is 4.15. The molecule has 2 fully saturated rings. The fourth-order valence-corrected chi connectivity index (χ4v) is 3.13. The lowest BCUT2D eigenvalue weighted by Gasteiger charge is -2.17. The number of fused-ring (bicyclic) bond motifs is 1. The van der Waals surface area contributed by atoms with E-state index in [1.165, 1.54) is 12.8 Å². The average molecular weight is 120 g/mol. The van der Waals surface area contributed by atoms with Gasteiger partial charge < -0.3 is 0 Å². The van der Waals surface area contributed by atoms with Crippen molar-refractivity contribution in [1.82, 2.24) is 0 Å². The molecule has 4 unspecified atom stereocenters. The van der Waals surface area contributed by atoms with E-state index in [9.17, 15) is 0 Å². The molecule has 0 aliphatic heterocycles. The first kappa shape index (κ1) is 4.54. The Morgan fingerprint density at radius 1 is 1.56 bits per heavy atom. The maximum atomic E-state index is 2.46. The van der Waals surface area contributed by atoms with Crippen LogP contribution in [0.3, 0.4) is 0 Å². The van der Waals surface area contributed by atoms with Crippen molar-refractivity contribution < 1.29 is 0 Å². The van der Waals surface area contributed by atoms with Gasteiger partial charge in [0.2, 0.25) is 0 Å². The van der Waals surface area contributed by atoms with Crippen LogP contribution >= 0.6 is 0 Å². The van der Waals surface area contributed by atoms with E-state index >= 15 is 0 Å². The first-order valence-corrected chi connectivity index (χ1v) is 4.02. The van der Waals surface area contributed by atoms with Crippen LogP contribution in [0.1, 0.15) is 19.8 Å². The van der Waals surface area contributed by atoms with E-state index in [4.69, 9.17) is 0 Å². The van der Waals surface area contributed by atoms with E-state index < -0.39 is 0 Å². The highest BCUT2D eigenvalue weighted by molar-refractivity contribution is 5.37. The summed E-state index contributed by atoms with van der Waals surface area (Å²) in [6.07, 6.45) is 7.89. The number of rotatable bonds is 0. The predicted octanol–water partition coefficient (Wildman–Crippen LogP) is 2.22. The predicted molar refractivity (Wildman–Crippen MR) is 37.0 cm³/mol. The second-order valence-corrected chi connectivity index (χ2v) is 4.15. The molecular formula is C9H12. The summed E-state index contributed by atoms with van der Waals surface area (Å²) in [4.78, 5) is 0. The molecule has 3 rings (SSSR count). The number of allylic oxidation sites excluding steroid dienone is 2. The normalized spacial score (nSPS) is 66.6. The molecular weight excluding hydrogens is 108 g/mol. The third-order valence-corrected chi connectivity index (χ3v) is 3.61. The fourth-order valence-electron chi connectivity index (χ4n) is 3.13. The molecule has 48 valence electrons. The Balaban J connectivity index is 1.97. The van der Waals surface area contributed by atoms with Gasteiger partial charge in [-0.1, -0.05) is 19.1 Å². The molecule has 0 heteroatoms. The molecule has 0 saturated heterocycles. The van der Waals surface area contributed by atoms with Crippen LogP contribution < -0.4 is 0 Å². The zero-order valence-corrected chi connectivity index (χ0v) is 5.80. The van der Waals surface area contributed by atoms with E-state index in [0.29, 0.717) is 0 Å². The molecule has 0 aromatic heterocycles. The summed E-state index contributed by atoms with van der Waals surface area (Å²) in [6.45, 7) is 2.39. The van der Waals surface area contributed by atoms with Crippen molar-refractivity contribution >= 4 is 0 Å². The Morgan fingerprint density at radius 3 is 2.89 bits per heavy atom. The molecule has 2 saturated carbocycles. The Morgan fingerprint density at radius 2 is 2.44 bits per heavy atom. The van der Waals surface area contributed by atoms with Gasteiger partial charge >= 0.3 is 0 Å². The van der Waals surface area contributed by atoms with Gasteiger partial charge in [-0.3, -0.25) is 0 Å². The van der Waals surface area contributed by atoms with Crippen molar-refractivity contribution in [2.75, 3.05) is 0 Å². The van der Waals surface area contributed by atoms with E-state index in [1.54, 1.807) is 0 Å². The van der Waals surface area contributed by atoms with Gasteiger partial charge in [-0.15, -0.1) is 0 Å². The van der Waals surface area contributed by atoms with Crippen LogP contribution in [0.2, 0.25) is 0 Å². The SMILES string of the molecule is CC1CC2C3C=CC32C1.